The molecule has 6 rings (SSSR count). The molecule has 2 aliphatic heterocycles. The van der Waals surface area contributed by atoms with Crippen LogP contribution in [-0.2, 0) is 45.1 Å². The Morgan fingerprint density at radius 2 is 2.02 bits per heavy atom. The summed E-state index contributed by atoms with van der Waals surface area (Å²) in [6, 6.07) is 0. The van der Waals surface area contributed by atoms with Crippen molar-refractivity contribution >= 4 is 43.9 Å². The summed E-state index contributed by atoms with van der Waals surface area (Å²) in [5, 5.41) is 0. The van der Waals surface area contributed by atoms with E-state index < -0.39 is 59.0 Å². The van der Waals surface area contributed by atoms with Gasteiger partial charge in [0.15, 0.2) is 24.3 Å². The Morgan fingerprint density at radius 3 is 2.85 bits per heavy atom. The van der Waals surface area contributed by atoms with Gasteiger partial charge in [-0.15, -0.1) is 0 Å². The Morgan fingerprint density at radius 1 is 1.20 bits per heavy atom. The van der Waals surface area contributed by atoms with Crippen LogP contribution in [0.15, 0.2) is 23.6 Å². The number of H-pyrrole nitrogens is 2. The topological polar surface area (TPSA) is 256 Å². The summed E-state index contributed by atoms with van der Waals surface area (Å²) in [5.41, 5.74) is 5.57. The smallest absolute Gasteiger partial charge is 0.355 e. The second-order valence-electron chi connectivity index (χ2n) is 9.01. The van der Waals surface area contributed by atoms with Gasteiger partial charge in [0.1, 0.15) is 30.4 Å². The highest BCUT2D eigenvalue weighted by Crippen LogP contribution is 2.50. The molecule has 0 aliphatic carbocycles. The summed E-state index contributed by atoms with van der Waals surface area (Å²) < 4.78 is 70.1. The van der Waals surface area contributed by atoms with Gasteiger partial charge in [-0.2, -0.15) is 0 Å². The molecule has 0 amide bonds. The van der Waals surface area contributed by atoms with Crippen molar-refractivity contribution < 1.29 is 50.7 Å². The third-order valence-corrected chi connectivity index (χ3v) is 8.28. The summed E-state index contributed by atoms with van der Waals surface area (Å²) in [7, 11) is -9.70. The normalized spacial score (nSPS) is 31.9. The van der Waals surface area contributed by atoms with Crippen molar-refractivity contribution in [1.29, 1.82) is 0 Å². The van der Waals surface area contributed by atoms with Crippen LogP contribution in [0, 0.1) is 0 Å². The fraction of sp³-hybridized carbons (Fsp3) is 0.474. The third kappa shape index (κ3) is 5.53. The molecule has 41 heavy (non-hydrogen) atoms. The largest absolute Gasteiger partial charge is 0.473 e. The molecule has 2 bridgehead atoms. The number of anilines is 1. The lowest BCUT2D eigenvalue weighted by molar-refractivity contribution is -0.744. The van der Waals surface area contributed by atoms with E-state index in [1.165, 1.54) is 18.9 Å². The summed E-state index contributed by atoms with van der Waals surface area (Å²) in [4.78, 5) is 54.4. The number of phosphoric ester groups is 2. The summed E-state index contributed by atoms with van der Waals surface area (Å²) in [6.07, 6.45) is -3.12. The van der Waals surface area contributed by atoms with Gasteiger partial charge < -0.3 is 24.8 Å². The first kappa shape index (κ1) is 28.0. The van der Waals surface area contributed by atoms with Crippen LogP contribution < -0.4 is 15.9 Å². The number of aryl methyl sites for hydroxylation is 1. The molecule has 4 aromatic rings. The molecule has 2 unspecified atom stereocenters. The van der Waals surface area contributed by atoms with Crippen molar-refractivity contribution in [3.63, 3.8) is 0 Å². The quantitative estimate of drug-likeness (QED) is 0.136. The lowest BCUT2D eigenvalue weighted by Crippen LogP contribution is -2.46. The number of ether oxygens (including phenoxy) is 1. The van der Waals surface area contributed by atoms with Gasteiger partial charge >= 0.3 is 21.3 Å². The van der Waals surface area contributed by atoms with Gasteiger partial charge in [-0.25, -0.2) is 33.0 Å². The average molecular weight is 618 g/mol. The van der Waals surface area contributed by atoms with E-state index in [1.54, 1.807) is 4.57 Å². The van der Waals surface area contributed by atoms with Crippen LogP contribution in [0.25, 0.3) is 22.3 Å². The van der Waals surface area contributed by atoms with Crippen molar-refractivity contribution in [3.05, 3.63) is 35.0 Å². The minimum atomic E-state index is -5.02. The molecule has 6 atom stereocenters. The highest BCUT2D eigenvalue weighted by atomic mass is 31.2. The van der Waals surface area contributed by atoms with Gasteiger partial charge in [-0.05, 0) is 6.42 Å². The Balaban J connectivity index is 1.37. The highest BCUT2D eigenvalue weighted by Gasteiger charge is 2.53. The summed E-state index contributed by atoms with van der Waals surface area (Å²) in [5.74, 6) is -0.122. The van der Waals surface area contributed by atoms with Crippen LogP contribution >= 0.6 is 15.6 Å². The number of hydrogen-bond acceptors (Lipinski definition) is 13. The Bertz CT molecular complexity index is 1760. The average Bonchev–Trinajstić information content (AvgIpc) is 3.58. The number of fused-ring (bicyclic) bond motifs is 6. The van der Waals surface area contributed by atoms with Crippen molar-refractivity contribution in [2.75, 3.05) is 18.9 Å². The Hall–Kier alpha value is -3.19. The first-order valence-electron chi connectivity index (χ1n) is 12.0. The standard InChI is InChI=1S/C19H22FN9O10P2/c20-12-10-5-36-40(31,32)35-3-1-2-28-11(25-9-4-22-7-23-15(9)28)6-37-41(33,34)39-14(12)18(38-10)29-8-24-13-16(29)26-19(21)27-17(13)30/h4,7-8,10,12,14,18H,1-3,5-6H2,(H5,21,26,27,30,31,32,33,34)/p+1/t10-,12-,14-,18-/m1/s1. The van der Waals surface area contributed by atoms with E-state index in [1.807, 2.05) is 0 Å². The fourth-order valence-corrected chi connectivity index (χ4v) is 6.19. The summed E-state index contributed by atoms with van der Waals surface area (Å²) >= 11 is 0. The number of nitrogens with zero attached hydrogens (tertiary/aromatic N) is 6. The fourth-order valence-electron chi connectivity index (χ4n) is 4.55. The van der Waals surface area contributed by atoms with E-state index in [2.05, 4.69) is 29.9 Å². The second-order valence-corrected chi connectivity index (χ2v) is 11.9. The molecule has 1 saturated heterocycles. The molecule has 4 aromatic heterocycles. The molecule has 2 aliphatic rings. The molecule has 220 valence electrons. The molecular weight excluding hydrogens is 595 g/mol. The van der Waals surface area contributed by atoms with Gasteiger partial charge in [-0.3, -0.25) is 32.9 Å². The zero-order valence-electron chi connectivity index (χ0n) is 20.8. The number of aromatic nitrogens is 8. The molecule has 1 fully saturated rings. The number of rotatable bonds is 1. The van der Waals surface area contributed by atoms with Crippen molar-refractivity contribution in [1.82, 2.24) is 34.5 Å². The first-order chi connectivity index (χ1) is 19.5. The van der Waals surface area contributed by atoms with Crippen LogP contribution in [0.1, 0.15) is 18.5 Å². The monoisotopic (exact) mass is 618 g/mol. The van der Waals surface area contributed by atoms with Crippen molar-refractivity contribution in [2.24, 2.45) is 0 Å². The van der Waals surface area contributed by atoms with E-state index in [0.717, 1.165) is 4.57 Å². The molecule has 6 heterocycles. The van der Waals surface area contributed by atoms with Gasteiger partial charge in [0.25, 0.3) is 11.5 Å². The van der Waals surface area contributed by atoms with Gasteiger partial charge in [0, 0.05) is 6.54 Å². The van der Waals surface area contributed by atoms with Gasteiger partial charge in [0.05, 0.1) is 19.4 Å². The number of alkyl halides is 1. The molecule has 0 radical (unpaired) electrons. The van der Waals surface area contributed by atoms with Gasteiger partial charge in [-0.1, -0.05) is 4.98 Å². The van der Waals surface area contributed by atoms with E-state index in [0.29, 0.717) is 11.2 Å². The number of nitrogens with two attached hydrogens (primary N) is 1. The first-order valence-corrected chi connectivity index (χ1v) is 15.0. The van der Waals surface area contributed by atoms with E-state index in [4.69, 9.17) is 28.6 Å². The van der Waals surface area contributed by atoms with E-state index >= 15 is 4.39 Å². The number of phosphoric acid groups is 2. The van der Waals surface area contributed by atoms with Crippen LogP contribution in [-0.4, -0.2) is 75.9 Å². The maximum Gasteiger partial charge on any atom is 0.473 e. The zero-order chi connectivity index (χ0) is 28.9. The zero-order valence-corrected chi connectivity index (χ0v) is 22.6. The minimum Gasteiger partial charge on any atom is -0.355 e. The molecule has 0 spiro atoms. The number of aromatic amines is 2. The second kappa shape index (κ2) is 10.6. The number of imidazole rings is 2. The lowest BCUT2D eigenvalue weighted by atomic mass is 10.1. The molecule has 19 nitrogen and oxygen atoms in total. The Labute approximate surface area is 227 Å². The van der Waals surface area contributed by atoms with E-state index in [9.17, 15) is 23.7 Å². The van der Waals surface area contributed by atoms with Gasteiger partial charge in [0.2, 0.25) is 11.7 Å². The molecule has 0 saturated carbocycles. The van der Waals surface area contributed by atoms with Crippen LogP contribution in [0.2, 0.25) is 0 Å². The number of nitrogen functional groups attached to an aromatic ring is 1. The third-order valence-electron chi connectivity index (χ3n) is 6.33. The molecular formula is C19H23FN9O10P2+. The maximum atomic E-state index is 15.7. The Kier molecular flexibility index (Phi) is 7.21. The summed E-state index contributed by atoms with van der Waals surface area (Å²) in [6.45, 7) is -1.44. The molecule has 22 heteroatoms. The van der Waals surface area contributed by atoms with Crippen molar-refractivity contribution in [2.45, 2.75) is 44.2 Å². The predicted molar refractivity (Wildman–Crippen MR) is 131 cm³/mol. The molecule has 0 aromatic carbocycles. The number of nitrogens with one attached hydrogen (secondary N) is 2. The van der Waals surface area contributed by atoms with E-state index in [-0.39, 0.29) is 42.5 Å². The highest BCUT2D eigenvalue weighted by molar-refractivity contribution is 7.47. The van der Waals surface area contributed by atoms with Crippen LogP contribution in [0.4, 0.5) is 10.3 Å². The van der Waals surface area contributed by atoms with Crippen LogP contribution in [0.5, 0.6) is 0 Å². The number of hydrogen-bond donors (Lipinski definition) is 5. The minimum absolute atomic E-state index is 0.0614. The van der Waals surface area contributed by atoms with Crippen molar-refractivity contribution in [3.8, 4) is 0 Å². The SMILES string of the molecule is Nc1nc2c([nH]c[n+]2[C@@H]2O[C@@H]3COP(=O)(O)OCCCn4c(nc5cncnc54)COP(=O)(O)O[C@@H]2[C@@H]3F)c(=O)[nH]1. The molecule has 6 N–H and O–H groups in total. The maximum absolute atomic E-state index is 15.7. The predicted octanol–water partition coefficient (Wildman–Crippen LogP) is -0.264. The van der Waals surface area contributed by atoms with Crippen LogP contribution in [0.3, 0.4) is 0 Å². The lowest BCUT2D eigenvalue weighted by Gasteiger charge is -2.21. The number of halogens is 1.